The van der Waals surface area contributed by atoms with Crippen LogP contribution >= 0.6 is 0 Å². The second-order valence-corrected chi connectivity index (χ2v) is 4.33. The zero-order valence-electron chi connectivity index (χ0n) is 10.6. The van der Waals surface area contributed by atoms with Crippen LogP contribution in [0.5, 0.6) is 0 Å². The van der Waals surface area contributed by atoms with Crippen molar-refractivity contribution in [2.75, 3.05) is 6.54 Å². The Morgan fingerprint density at radius 2 is 2.06 bits per heavy atom. The van der Waals surface area contributed by atoms with Crippen LogP contribution in [0.3, 0.4) is 0 Å². The Hall–Kier alpha value is -2.11. The second-order valence-electron chi connectivity index (χ2n) is 4.33. The summed E-state index contributed by atoms with van der Waals surface area (Å²) in [6, 6.07) is 2.90. The van der Waals surface area contributed by atoms with Gasteiger partial charge >= 0.3 is 5.97 Å². The lowest BCUT2D eigenvalue weighted by molar-refractivity contribution is -0.147. The quantitative estimate of drug-likeness (QED) is 0.825. The number of amides is 1. The Morgan fingerprint density at radius 3 is 2.50 bits per heavy atom. The van der Waals surface area contributed by atoms with Crippen molar-refractivity contribution in [1.29, 1.82) is 0 Å². The molecule has 1 heterocycles. The average Bonchev–Trinajstić information content (AvgIpc) is 2.29. The zero-order chi connectivity index (χ0) is 13.9. The second kappa shape index (κ2) is 5.03. The fourth-order valence-electron chi connectivity index (χ4n) is 1.64. The SMILES string of the molecule is CCN(C(=O)c1ccc[nH]c1=O)C(C)(C)C(=O)O. The molecule has 0 aliphatic heterocycles. The van der Waals surface area contributed by atoms with Crippen molar-refractivity contribution in [1.82, 2.24) is 9.88 Å². The molecule has 1 amide bonds. The van der Waals surface area contributed by atoms with Crippen LogP contribution in [0, 0.1) is 0 Å². The number of aromatic nitrogens is 1. The van der Waals surface area contributed by atoms with Gasteiger partial charge in [0.15, 0.2) is 0 Å². The van der Waals surface area contributed by atoms with E-state index in [0.29, 0.717) is 0 Å². The first-order chi connectivity index (χ1) is 8.32. The van der Waals surface area contributed by atoms with Crippen LogP contribution in [0.25, 0.3) is 0 Å². The van der Waals surface area contributed by atoms with Crippen LogP contribution in [0.2, 0.25) is 0 Å². The molecule has 98 valence electrons. The number of H-pyrrole nitrogens is 1. The maximum Gasteiger partial charge on any atom is 0.329 e. The molecular weight excluding hydrogens is 236 g/mol. The van der Waals surface area contributed by atoms with Crippen molar-refractivity contribution in [2.24, 2.45) is 0 Å². The number of aliphatic carboxylic acids is 1. The minimum Gasteiger partial charge on any atom is -0.480 e. The molecule has 2 N–H and O–H groups in total. The molecule has 0 radical (unpaired) electrons. The number of nitrogens with zero attached hydrogens (tertiary/aromatic N) is 1. The molecule has 0 aliphatic rings. The zero-order valence-corrected chi connectivity index (χ0v) is 10.6. The van der Waals surface area contributed by atoms with Gasteiger partial charge in [-0.2, -0.15) is 0 Å². The van der Waals surface area contributed by atoms with Gasteiger partial charge < -0.3 is 15.0 Å². The van der Waals surface area contributed by atoms with E-state index in [1.54, 1.807) is 6.92 Å². The molecule has 18 heavy (non-hydrogen) atoms. The predicted molar refractivity (Wildman–Crippen MR) is 65.5 cm³/mol. The summed E-state index contributed by atoms with van der Waals surface area (Å²) in [7, 11) is 0. The molecule has 0 bridgehead atoms. The number of rotatable bonds is 4. The van der Waals surface area contributed by atoms with Gasteiger partial charge in [-0.05, 0) is 32.9 Å². The van der Waals surface area contributed by atoms with E-state index < -0.39 is 23.0 Å². The fourth-order valence-corrected chi connectivity index (χ4v) is 1.64. The third-order valence-electron chi connectivity index (χ3n) is 2.81. The Kier molecular flexibility index (Phi) is 3.90. The maximum atomic E-state index is 12.2. The van der Waals surface area contributed by atoms with Crippen molar-refractivity contribution in [3.8, 4) is 0 Å². The lowest BCUT2D eigenvalue weighted by Gasteiger charge is -2.34. The van der Waals surface area contributed by atoms with Crippen LogP contribution in [0.1, 0.15) is 31.1 Å². The molecule has 6 heteroatoms. The summed E-state index contributed by atoms with van der Waals surface area (Å²) in [6.07, 6.45) is 1.41. The van der Waals surface area contributed by atoms with Gasteiger partial charge in [0, 0.05) is 12.7 Å². The van der Waals surface area contributed by atoms with Crippen LogP contribution < -0.4 is 5.56 Å². The fraction of sp³-hybridized carbons (Fsp3) is 0.417. The van der Waals surface area contributed by atoms with Crippen molar-refractivity contribution >= 4 is 11.9 Å². The molecular formula is C12H16N2O4. The summed E-state index contributed by atoms with van der Waals surface area (Å²) in [5.74, 6) is -1.71. The molecule has 0 atom stereocenters. The van der Waals surface area contributed by atoms with E-state index in [1.807, 2.05) is 0 Å². The van der Waals surface area contributed by atoms with Crippen LogP contribution in [0.15, 0.2) is 23.1 Å². The molecule has 0 aliphatic carbocycles. The normalized spacial score (nSPS) is 11.1. The highest BCUT2D eigenvalue weighted by molar-refractivity contribution is 5.97. The third-order valence-corrected chi connectivity index (χ3v) is 2.81. The number of carboxylic acid groups (broad SMARTS) is 1. The Bertz CT molecular complexity index is 519. The average molecular weight is 252 g/mol. The van der Waals surface area contributed by atoms with Crippen LogP contribution in [0.4, 0.5) is 0 Å². The van der Waals surface area contributed by atoms with E-state index >= 15 is 0 Å². The van der Waals surface area contributed by atoms with E-state index in [1.165, 1.54) is 32.2 Å². The number of hydrogen-bond acceptors (Lipinski definition) is 3. The number of carbonyl (C=O) groups is 2. The monoisotopic (exact) mass is 252 g/mol. The minimum absolute atomic E-state index is 0.0614. The molecule has 1 rings (SSSR count). The predicted octanol–water partition coefficient (Wildman–Crippen LogP) is 0.700. The van der Waals surface area contributed by atoms with E-state index in [0.717, 1.165) is 4.90 Å². The van der Waals surface area contributed by atoms with Gasteiger partial charge in [0.05, 0.1) is 0 Å². The molecule has 0 aromatic carbocycles. The van der Waals surface area contributed by atoms with Crippen molar-refractivity contribution in [2.45, 2.75) is 26.3 Å². The highest BCUT2D eigenvalue weighted by atomic mass is 16.4. The number of carbonyl (C=O) groups excluding carboxylic acids is 1. The van der Waals surface area contributed by atoms with Gasteiger partial charge in [0.2, 0.25) is 0 Å². The Balaban J connectivity index is 3.20. The number of hydrogen-bond donors (Lipinski definition) is 2. The topological polar surface area (TPSA) is 90.5 Å². The summed E-state index contributed by atoms with van der Waals surface area (Å²) in [6.45, 7) is 4.72. The number of nitrogens with one attached hydrogen (secondary N) is 1. The number of aromatic amines is 1. The van der Waals surface area contributed by atoms with Crippen LogP contribution in [-0.2, 0) is 4.79 Å². The Labute approximate surface area is 104 Å². The van der Waals surface area contributed by atoms with E-state index in [4.69, 9.17) is 5.11 Å². The van der Waals surface area contributed by atoms with Gasteiger partial charge in [0.1, 0.15) is 11.1 Å². The molecule has 0 fully saturated rings. The smallest absolute Gasteiger partial charge is 0.329 e. The maximum absolute atomic E-state index is 12.2. The summed E-state index contributed by atoms with van der Waals surface area (Å²) in [5.41, 5.74) is -1.95. The van der Waals surface area contributed by atoms with E-state index in [9.17, 15) is 14.4 Å². The summed E-state index contributed by atoms with van der Waals surface area (Å²) >= 11 is 0. The first-order valence-corrected chi connectivity index (χ1v) is 5.55. The summed E-state index contributed by atoms with van der Waals surface area (Å²) in [4.78, 5) is 38.4. The third kappa shape index (κ3) is 2.42. The summed E-state index contributed by atoms with van der Waals surface area (Å²) < 4.78 is 0. The lowest BCUT2D eigenvalue weighted by atomic mass is 10.0. The van der Waals surface area contributed by atoms with Crippen molar-refractivity contribution < 1.29 is 14.7 Å². The molecule has 0 saturated carbocycles. The van der Waals surface area contributed by atoms with Gasteiger partial charge in [-0.25, -0.2) is 4.79 Å². The van der Waals surface area contributed by atoms with E-state index in [2.05, 4.69) is 4.98 Å². The first-order valence-electron chi connectivity index (χ1n) is 5.55. The molecule has 0 saturated heterocycles. The van der Waals surface area contributed by atoms with Gasteiger partial charge in [-0.1, -0.05) is 0 Å². The molecule has 0 unspecified atom stereocenters. The highest BCUT2D eigenvalue weighted by Gasteiger charge is 2.37. The molecule has 1 aromatic heterocycles. The molecule has 6 nitrogen and oxygen atoms in total. The molecule has 0 spiro atoms. The number of pyridine rings is 1. The van der Waals surface area contributed by atoms with Crippen LogP contribution in [-0.4, -0.2) is 39.0 Å². The highest BCUT2D eigenvalue weighted by Crippen LogP contribution is 2.16. The summed E-state index contributed by atoms with van der Waals surface area (Å²) in [5, 5.41) is 9.13. The van der Waals surface area contributed by atoms with Crippen molar-refractivity contribution in [3.63, 3.8) is 0 Å². The molecule has 1 aromatic rings. The van der Waals surface area contributed by atoms with Gasteiger partial charge in [0.25, 0.3) is 11.5 Å². The Morgan fingerprint density at radius 1 is 1.44 bits per heavy atom. The standard InChI is InChI=1S/C12H16N2O4/c1-4-14(12(2,3)11(17)18)10(16)8-6-5-7-13-9(8)15/h5-7H,4H2,1-3H3,(H,13,15)(H,17,18). The number of likely N-dealkylation sites (N-methyl/N-ethyl adjacent to an activating group) is 1. The lowest BCUT2D eigenvalue weighted by Crippen LogP contribution is -2.53. The minimum atomic E-state index is -1.37. The largest absolute Gasteiger partial charge is 0.480 e. The number of carboxylic acids is 1. The first kappa shape index (κ1) is 14.0. The van der Waals surface area contributed by atoms with Crippen molar-refractivity contribution in [3.05, 3.63) is 34.2 Å². The van der Waals surface area contributed by atoms with Gasteiger partial charge in [-0.3, -0.25) is 9.59 Å². The van der Waals surface area contributed by atoms with Gasteiger partial charge in [-0.15, -0.1) is 0 Å². The van der Waals surface area contributed by atoms with E-state index in [-0.39, 0.29) is 12.1 Å².